The lowest BCUT2D eigenvalue weighted by atomic mass is 9.99. The molecule has 1 aromatic heterocycles. The molecule has 0 saturated heterocycles. The van der Waals surface area contributed by atoms with E-state index in [1.54, 1.807) is 12.3 Å². The molecule has 4 heteroatoms. The Hall–Kier alpha value is -1.94. The van der Waals surface area contributed by atoms with Crippen molar-refractivity contribution >= 4 is 16.8 Å². The molecule has 19 heavy (non-hydrogen) atoms. The van der Waals surface area contributed by atoms with Crippen LogP contribution in [0.15, 0.2) is 36.5 Å². The zero-order valence-corrected chi connectivity index (χ0v) is 11.2. The molecule has 1 amide bonds. The third kappa shape index (κ3) is 2.74. The third-order valence-corrected chi connectivity index (χ3v) is 3.43. The number of benzene rings is 1. The first-order chi connectivity index (χ1) is 9.09. The molecule has 1 aromatic carbocycles. The summed E-state index contributed by atoms with van der Waals surface area (Å²) in [6.45, 7) is 3.67. The van der Waals surface area contributed by atoms with Gasteiger partial charge in [0.2, 0.25) is 0 Å². The molecule has 0 aliphatic heterocycles. The topological polar surface area (TPSA) is 62.2 Å². The van der Waals surface area contributed by atoms with E-state index in [0.29, 0.717) is 12.0 Å². The van der Waals surface area contributed by atoms with E-state index in [-0.39, 0.29) is 12.5 Å². The number of aliphatic hydroxyl groups is 1. The molecule has 0 fully saturated rings. The fourth-order valence-corrected chi connectivity index (χ4v) is 1.88. The summed E-state index contributed by atoms with van der Waals surface area (Å²) >= 11 is 0. The van der Waals surface area contributed by atoms with Gasteiger partial charge >= 0.3 is 0 Å². The smallest absolute Gasteiger partial charge is 0.252 e. The average Bonchev–Trinajstić information content (AvgIpc) is 2.46. The summed E-state index contributed by atoms with van der Waals surface area (Å²) < 4.78 is 0. The van der Waals surface area contributed by atoms with Gasteiger partial charge in [0, 0.05) is 17.1 Å². The molecule has 0 saturated carbocycles. The predicted octanol–water partition coefficient (Wildman–Crippen LogP) is 2.13. The van der Waals surface area contributed by atoms with Gasteiger partial charge in [0.25, 0.3) is 5.91 Å². The van der Waals surface area contributed by atoms with Crippen LogP contribution in [0, 0.1) is 0 Å². The lowest BCUT2D eigenvalue weighted by Gasteiger charge is -2.27. The van der Waals surface area contributed by atoms with Crippen molar-refractivity contribution in [3.05, 3.63) is 42.1 Å². The van der Waals surface area contributed by atoms with E-state index in [9.17, 15) is 9.90 Å². The van der Waals surface area contributed by atoms with Crippen molar-refractivity contribution in [1.82, 2.24) is 10.3 Å². The zero-order valence-electron chi connectivity index (χ0n) is 11.2. The largest absolute Gasteiger partial charge is 0.394 e. The molecule has 4 nitrogen and oxygen atoms in total. The maximum Gasteiger partial charge on any atom is 0.252 e. The maximum atomic E-state index is 12.3. The molecule has 2 N–H and O–H groups in total. The summed E-state index contributed by atoms with van der Waals surface area (Å²) in [5.74, 6) is -0.183. The fraction of sp³-hybridized carbons (Fsp3) is 0.333. The van der Waals surface area contributed by atoms with Gasteiger partial charge in [-0.3, -0.25) is 9.78 Å². The predicted molar refractivity (Wildman–Crippen MR) is 75.0 cm³/mol. The van der Waals surface area contributed by atoms with Crippen LogP contribution in [-0.2, 0) is 0 Å². The molecule has 0 bridgehead atoms. The van der Waals surface area contributed by atoms with Crippen molar-refractivity contribution in [2.45, 2.75) is 25.8 Å². The average molecular weight is 258 g/mol. The molecule has 0 aliphatic rings. The highest BCUT2D eigenvalue weighted by atomic mass is 16.3. The Morgan fingerprint density at radius 3 is 2.84 bits per heavy atom. The second-order valence-corrected chi connectivity index (χ2v) is 4.90. The Morgan fingerprint density at radius 2 is 2.16 bits per heavy atom. The SMILES string of the molecule is CCC(C)(CO)NC(=O)c1cccc2ncccc12. The molecule has 2 rings (SSSR count). The molecule has 100 valence electrons. The van der Waals surface area contributed by atoms with Crippen molar-refractivity contribution in [2.24, 2.45) is 0 Å². The second kappa shape index (κ2) is 5.36. The van der Waals surface area contributed by atoms with E-state index in [1.165, 1.54) is 0 Å². The highest BCUT2D eigenvalue weighted by Crippen LogP contribution is 2.18. The van der Waals surface area contributed by atoms with Crippen molar-refractivity contribution in [3.8, 4) is 0 Å². The molecule has 1 heterocycles. The van der Waals surface area contributed by atoms with Crippen LogP contribution >= 0.6 is 0 Å². The van der Waals surface area contributed by atoms with Gasteiger partial charge in [-0.2, -0.15) is 0 Å². The van der Waals surface area contributed by atoms with Gasteiger partial charge in [-0.1, -0.05) is 19.1 Å². The lowest BCUT2D eigenvalue weighted by Crippen LogP contribution is -2.48. The monoisotopic (exact) mass is 258 g/mol. The summed E-state index contributed by atoms with van der Waals surface area (Å²) in [4.78, 5) is 16.6. The van der Waals surface area contributed by atoms with Crippen molar-refractivity contribution in [3.63, 3.8) is 0 Å². The highest BCUT2D eigenvalue weighted by Gasteiger charge is 2.24. The summed E-state index contributed by atoms with van der Waals surface area (Å²) in [6, 6.07) is 9.14. The molecule has 0 spiro atoms. The van der Waals surface area contributed by atoms with E-state index in [4.69, 9.17) is 0 Å². The number of carbonyl (C=O) groups is 1. The molecule has 0 radical (unpaired) electrons. The van der Waals surface area contributed by atoms with Crippen molar-refractivity contribution in [2.75, 3.05) is 6.61 Å². The van der Waals surface area contributed by atoms with E-state index in [0.717, 1.165) is 10.9 Å². The van der Waals surface area contributed by atoms with Crippen LogP contribution in [0.25, 0.3) is 10.9 Å². The number of carbonyl (C=O) groups excluding carboxylic acids is 1. The number of nitrogens with one attached hydrogen (secondary N) is 1. The minimum Gasteiger partial charge on any atom is -0.394 e. The first kappa shape index (κ1) is 13.5. The van der Waals surface area contributed by atoms with E-state index >= 15 is 0 Å². The molecule has 2 aromatic rings. The fourth-order valence-electron chi connectivity index (χ4n) is 1.88. The number of aromatic nitrogens is 1. The molecule has 1 atom stereocenters. The third-order valence-electron chi connectivity index (χ3n) is 3.43. The van der Waals surface area contributed by atoms with Gasteiger partial charge in [-0.05, 0) is 31.5 Å². The highest BCUT2D eigenvalue weighted by molar-refractivity contribution is 6.06. The minimum absolute atomic E-state index is 0.0851. The minimum atomic E-state index is -0.596. The van der Waals surface area contributed by atoms with E-state index in [1.807, 2.05) is 38.1 Å². The number of nitrogens with zero attached hydrogens (tertiary/aromatic N) is 1. The maximum absolute atomic E-state index is 12.3. The molecule has 0 aliphatic carbocycles. The van der Waals surface area contributed by atoms with Gasteiger partial charge < -0.3 is 10.4 Å². The van der Waals surface area contributed by atoms with Crippen molar-refractivity contribution < 1.29 is 9.90 Å². The van der Waals surface area contributed by atoms with Crippen LogP contribution in [-0.4, -0.2) is 28.1 Å². The number of fused-ring (bicyclic) bond motifs is 1. The number of hydrogen-bond donors (Lipinski definition) is 2. The number of aliphatic hydroxyl groups excluding tert-OH is 1. The first-order valence-electron chi connectivity index (χ1n) is 6.37. The van der Waals surface area contributed by atoms with Crippen LogP contribution in [0.1, 0.15) is 30.6 Å². The van der Waals surface area contributed by atoms with Crippen LogP contribution in [0.5, 0.6) is 0 Å². The summed E-state index contributed by atoms with van der Waals surface area (Å²) in [6.07, 6.45) is 2.37. The Balaban J connectivity index is 2.37. The van der Waals surface area contributed by atoms with Crippen LogP contribution in [0.2, 0.25) is 0 Å². The van der Waals surface area contributed by atoms with Crippen molar-refractivity contribution in [1.29, 1.82) is 0 Å². The molecular formula is C15H18N2O2. The van der Waals surface area contributed by atoms with Gasteiger partial charge in [0.1, 0.15) is 0 Å². The normalized spacial score (nSPS) is 14.1. The Bertz CT molecular complexity index is 586. The Morgan fingerprint density at radius 1 is 1.37 bits per heavy atom. The second-order valence-electron chi connectivity index (χ2n) is 4.90. The Labute approximate surface area is 112 Å². The summed E-state index contributed by atoms with van der Waals surface area (Å²) in [7, 11) is 0. The number of rotatable bonds is 4. The van der Waals surface area contributed by atoms with E-state index < -0.39 is 5.54 Å². The zero-order chi connectivity index (χ0) is 13.9. The van der Waals surface area contributed by atoms with Gasteiger partial charge in [-0.25, -0.2) is 0 Å². The number of amides is 1. The number of pyridine rings is 1. The van der Waals surface area contributed by atoms with Crippen LogP contribution in [0.3, 0.4) is 0 Å². The number of hydrogen-bond acceptors (Lipinski definition) is 3. The quantitative estimate of drug-likeness (QED) is 0.883. The summed E-state index contributed by atoms with van der Waals surface area (Å²) in [5, 5.41) is 13.1. The molecular weight excluding hydrogens is 240 g/mol. The summed E-state index contributed by atoms with van der Waals surface area (Å²) in [5.41, 5.74) is 0.776. The van der Waals surface area contributed by atoms with Crippen LogP contribution in [0.4, 0.5) is 0 Å². The Kier molecular flexibility index (Phi) is 3.81. The van der Waals surface area contributed by atoms with Crippen LogP contribution < -0.4 is 5.32 Å². The molecule has 1 unspecified atom stereocenters. The van der Waals surface area contributed by atoms with Gasteiger partial charge in [-0.15, -0.1) is 0 Å². The van der Waals surface area contributed by atoms with Gasteiger partial charge in [0.05, 0.1) is 17.7 Å². The van der Waals surface area contributed by atoms with E-state index in [2.05, 4.69) is 10.3 Å². The first-order valence-corrected chi connectivity index (χ1v) is 6.37. The standard InChI is InChI=1S/C15H18N2O2/c1-3-15(2,10-18)17-14(19)12-6-4-8-13-11(12)7-5-9-16-13/h4-9,18H,3,10H2,1-2H3,(H,17,19). The lowest BCUT2D eigenvalue weighted by molar-refractivity contribution is 0.0849. The van der Waals surface area contributed by atoms with Gasteiger partial charge in [0.15, 0.2) is 0 Å².